The quantitative estimate of drug-likeness (QED) is 0.474. The van der Waals surface area contributed by atoms with E-state index in [-0.39, 0.29) is 5.92 Å². The fourth-order valence-electron chi connectivity index (χ4n) is 1.55. The van der Waals surface area contributed by atoms with Gasteiger partial charge in [0.15, 0.2) is 0 Å². The van der Waals surface area contributed by atoms with Gasteiger partial charge in [0.1, 0.15) is 0 Å². The van der Waals surface area contributed by atoms with E-state index in [1.54, 1.807) is 0 Å². The topological polar surface area (TPSA) is 20.2 Å². The standard InChI is InChI=1S/C12H24O/c1-5-7-8-9-10-11(6-2)12(3,4)13/h6,11,13H,2,5,7-10H2,1,3-4H3. The van der Waals surface area contributed by atoms with E-state index in [9.17, 15) is 5.11 Å². The van der Waals surface area contributed by atoms with Crippen molar-refractivity contribution < 1.29 is 5.11 Å². The molecule has 13 heavy (non-hydrogen) atoms. The third kappa shape index (κ3) is 5.87. The Morgan fingerprint density at radius 3 is 2.31 bits per heavy atom. The Labute approximate surface area is 82.9 Å². The predicted octanol–water partition coefficient (Wildman–Crippen LogP) is 3.53. The van der Waals surface area contributed by atoms with Crippen LogP contribution in [0.15, 0.2) is 12.7 Å². The van der Waals surface area contributed by atoms with Crippen LogP contribution in [0.1, 0.15) is 52.9 Å². The molecule has 0 rings (SSSR count). The Kier molecular flexibility index (Phi) is 6.06. The van der Waals surface area contributed by atoms with E-state index in [2.05, 4.69) is 13.5 Å². The zero-order valence-electron chi connectivity index (χ0n) is 9.34. The summed E-state index contributed by atoms with van der Waals surface area (Å²) in [6.07, 6.45) is 7.99. The van der Waals surface area contributed by atoms with Crippen molar-refractivity contribution in [3.8, 4) is 0 Å². The lowest BCUT2D eigenvalue weighted by atomic mass is 9.86. The van der Waals surface area contributed by atoms with Crippen molar-refractivity contribution in [3.05, 3.63) is 12.7 Å². The normalized spacial score (nSPS) is 14.2. The molecule has 0 aliphatic carbocycles. The molecular weight excluding hydrogens is 160 g/mol. The second kappa shape index (κ2) is 6.20. The summed E-state index contributed by atoms with van der Waals surface area (Å²) in [5.74, 6) is 0.240. The second-order valence-corrected chi connectivity index (χ2v) is 4.35. The zero-order valence-corrected chi connectivity index (χ0v) is 9.34. The molecule has 1 nitrogen and oxygen atoms in total. The van der Waals surface area contributed by atoms with E-state index in [1.165, 1.54) is 25.7 Å². The summed E-state index contributed by atoms with van der Waals surface area (Å²) < 4.78 is 0. The summed E-state index contributed by atoms with van der Waals surface area (Å²) in [6.45, 7) is 9.70. The summed E-state index contributed by atoms with van der Waals surface area (Å²) in [5.41, 5.74) is -0.603. The largest absolute Gasteiger partial charge is 0.390 e. The van der Waals surface area contributed by atoms with Gasteiger partial charge in [-0.2, -0.15) is 0 Å². The van der Waals surface area contributed by atoms with Crippen LogP contribution < -0.4 is 0 Å². The molecule has 0 heterocycles. The number of hydrogen-bond acceptors (Lipinski definition) is 1. The monoisotopic (exact) mass is 184 g/mol. The highest BCUT2D eigenvalue weighted by molar-refractivity contribution is 4.90. The first kappa shape index (κ1) is 12.7. The van der Waals surface area contributed by atoms with Gasteiger partial charge in [0.2, 0.25) is 0 Å². The molecule has 0 aromatic heterocycles. The van der Waals surface area contributed by atoms with Gasteiger partial charge in [-0.1, -0.05) is 38.7 Å². The van der Waals surface area contributed by atoms with Crippen LogP contribution in [0, 0.1) is 5.92 Å². The van der Waals surface area contributed by atoms with Crippen LogP contribution in [0.25, 0.3) is 0 Å². The Morgan fingerprint density at radius 2 is 1.92 bits per heavy atom. The van der Waals surface area contributed by atoms with Gasteiger partial charge in [-0.25, -0.2) is 0 Å². The van der Waals surface area contributed by atoms with E-state index in [0.717, 1.165) is 6.42 Å². The van der Waals surface area contributed by atoms with Crippen LogP contribution in [-0.4, -0.2) is 10.7 Å². The highest BCUT2D eigenvalue weighted by Gasteiger charge is 2.22. The van der Waals surface area contributed by atoms with Crippen LogP contribution in [-0.2, 0) is 0 Å². The highest BCUT2D eigenvalue weighted by atomic mass is 16.3. The molecule has 0 aliphatic rings. The van der Waals surface area contributed by atoms with Gasteiger partial charge in [0.25, 0.3) is 0 Å². The summed E-state index contributed by atoms with van der Waals surface area (Å²) in [5, 5.41) is 9.76. The van der Waals surface area contributed by atoms with Crippen molar-refractivity contribution in [3.63, 3.8) is 0 Å². The maximum atomic E-state index is 9.76. The summed E-state index contributed by atoms with van der Waals surface area (Å²) in [7, 11) is 0. The minimum Gasteiger partial charge on any atom is -0.390 e. The molecule has 0 fully saturated rings. The zero-order chi connectivity index (χ0) is 10.3. The van der Waals surface area contributed by atoms with Crippen LogP contribution in [0.4, 0.5) is 0 Å². The third-order valence-corrected chi connectivity index (χ3v) is 2.56. The molecule has 0 saturated heterocycles. The Hall–Kier alpha value is -0.300. The lowest BCUT2D eigenvalue weighted by Crippen LogP contribution is -2.29. The SMILES string of the molecule is C=CC(CCCCCC)C(C)(C)O. The minimum atomic E-state index is -0.603. The lowest BCUT2D eigenvalue weighted by molar-refractivity contribution is 0.0328. The molecular formula is C12H24O. The van der Waals surface area contributed by atoms with Gasteiger partial charge in [0, 0.05) is 5.92 Å². The molecule has 0 amide bonds. The Balaban J connectivity index is 3.67. The first-order valence-electron chi connectivity index (χ1n) is 5.37. The molecule has 1 atom stereocenters. The lowest BCUT2D eigenvalue weighted by Gasteiger charge is -2.26. The van der Waals surface area contributed by atoms with E-state index < -0.39 is 5.60 Å². The van der Waals surface area contributed by atoms with Crippen molar-refractivity contribution in [2.24, 2.45) is 5.92 Å². The minimum absolute atomic E-state index is 0.240. The predicted molar refractivity (Wildman–Crippen MR) is 58.7 cm³/mol. The van der Waals surface area contributed by atoms with E-state index in [1.807, 2.05) is 19.9 Å². The number of rotatable bonds is 7. The van der Waals surface area contributed by atoms with Crippen LogP contribution >= 0.6 is 0 Å². The molecule has 0 aromatic rings. The number of aliphatic hydroxyl groups is 1. The summed E-state index contributed by atoms with van der Waals surface area (Å²) in [6, 6.07) is 0. The van der Waals surface area contributed by atoms with Gasteiger partial charge in [0.05, 0.1) is 5.60 Å². The van der Waals surface area contributed by atoms with E-state index >= 15 is 0 Å². The van der Waals surface area contributed by atoms with Crippen molar-refractivity contribution >= 4 is 0 Å². The first-order chi connectivity index (χ1) is 6.02. The molecule has 78 valence electrons. The van der Waals surface area contributed by atoms with Crippen molar-refractivity contribution in [2.75, 3.05) is 0 Å². The summed E-state index contributed by atoms with van der Waals surface area (Å²) >= 11 is 0. The smallest absolute Gasteiger partial charge is 0.0653 e. The molecule has 0 radical (unpaired) electrons. The summed E-state index contributed by atoms with van der Waals surface area (Å²) in [4.78, 5) is 0. The average molecular weight is 184 g/mol. The average Bonchev–Trinajstić information content (AvgIpc) is 2.02. The van der Waals surface area contributed by atoms with E-state index in [0.29, 0.717) is 0 Å². The number of unbranched alkanes of at least 4 members (excludes halogenated alkanes) is 3. The van der Waals surface area contributed by atoms with Crippen molar-refractivity contribution in [1.82, 2.24) is 0 Å². The van der Waals surface area contributed by atoms with Crippen LogP contribution in [0.5, 0.6) is 0 Å². The highest BCUT2D eigenvalue weighted by Crippen LogP contribution is 2.23. The molecule has 0 aliphatic heterocycles. The van der Waals surface area contributed by atoms with Gasteiger partial charge < -0.3 is 5.11 Å². The van der Waals surface area contributed by atoms with Gasteiger partial charge in [-0.15, -0.1) is 6.58 Å². The fraction of sp³-hybridized carbons (Fsp3) is 0.833. The maximum absolute atomic E-state index is 9.76. The fourth-order valence-corrected chi connectivity index (χ4v) is 1.55. The molecule has 0 saturated carbocycles. The van der Waals surface area contributed by atoms with Crippen LogP contribution in [0.2, 0.25) is 0 Å². The van der Waals surface area contributed by atoms with Gasteiger partial charge in [-0.3, -0.25) is 0 Å². The molecule has 1 N–H and O–H groups in total. The Morgan fingerprint density at radius 1 is 1.31 bits per heavy atom. The first-order valence-corrected chi connectivity index (χ1v) is 5.37. The van der Waals surface area contributed by atoms with Crippen molar-refractivity contribution in [2.45, 2.75) is 58.5 Å². The third-order valence-electron chi connectivity index (χ3n) is 2.56. The van der Waals surface area contributed by atoms with Crippen LogP contribution in [0.3, 0.4) is 0 Å². The van der Waals surface area contributed by atoms with Gasteiger partial charge in [-0.05, 0) is 20.3 Å². The molecule has 0 spiro atoms. The molecule has 0 aromatic carbocycles. The Bertz CT molecular complexity index is 133. The number of hydrogen-bond donors (Lipinski definition) is 1. The molecule has 1 unspecified atom stereocenters. The molecule has 1 heteroatoms. The maximum Gasteiger partial charge on any atom is 0.0653 e. The van der Waals surface area contributed by atoms with Crippen molar-refractivity contribution in [1.29, 1.82) is 0 Å². The second-order valence-electron chi connectivity index (χ2n) is 4.35. The van der Waals surface area contributed by atoms with Gasteiger partial charge >= 0.3 is 0 Å². The molecule has 0 bridgehead atoms. The van der Waals surface area contributed by atoms with E-state index in [4.69, 9.17) is 0 Å².